The fourth-order valence-electron chi connectivity index (χ4n) is 1.56. The first kappa shape index (κ1) is 13.7. The van der Waals surface area contributed by atoms with Gasteiger partial charge in [-0.2, -0.15) is 4.98 Å². The first-order valence-electron chi connectivity index (χ1n) is 5.89. The monoisotopic (exact) mass is 324 g/mol. The normalized spacial score (nSPS) is 10.3. The Bertz CT molecular complexity index is 589. The average Bonchev–Trinajstić information content (AvgIpc) is 2.38. The van der Waals surface area contributed by atoms with E-state index in [0.29, 0.717) is 12.5 Å². The highest BCUT2D eigenvalue weighted by Crippen LogP contribution is 2.23. The minimum Gasteiger partial charge on any atom is -0.354 e. The highest BCUT2D eigenvalue weighted by atomic mass is 79.9. The maximum absolute atomic E-state index is 13.7. The minimum absolute atomic E-state index is 0.160. The van der Waals surface area contributed by atoms with Crippen molar-refractivity contribution in [1.82, 2.24) is 9.97 Å². The second kappa shape index (κ2) is 5.97. The molecule has 0 radical (unpaired) electrons. The Morgan fingerprint density at radius 2 is 2.16 bits per heavy atom. The fourth-order valence-corrected chi connectivity index (χ4v) is 1.80. The van der Waals surface area contributed by atoms with E-state index in [1.54, 1.807) is 0 Å². The number of rotatable bonds is 4. The van der Waals surface area contributed by atoms with Crippen molar-refractivity contribution in [3.05, 3.63) is 40.2 Å². The number of anilines is 3. The van der Waals surface area contributed by atoms with E-state index in [9.17, 15) is 4.39 Å². The van der Waals surface area contributed by atoms with Gasteiger partial charge in [-0.05, 0) is 37.6 Å². The van der Waals surface area contributed by atoms with Crippen molar-refractivity contribution in [3.63, 3.8) is 0 Å². The summed E-state index contributed by atoms with van der Waals surface area (Å²) in [6.45, 7) is 4.58. The molecule has 1 aromatic heterocycles. The van der Waals surface area contributed by atoms with Gasteiger partial charge in [0.15, 0.2) is 11.6 Å². The SMILES string of the molecule is CCNc1ncc(F)c(Nc2ccc(Br)c(C)c2)n1. The van der Waals surface area contributed by atoms with Gasteiger partial charge in [0, 0.05) is 16.7 Å². The molecular formula is C13H14BrFN4. The summed E-state index contributed by atoms with van der Waals surface area (Å²) in [5.74, 6) is 0.0788. The van der Waals surface area contributed by atoms with E-state index in [1.165, 1.54) is 0 Å². The van der Waals surface area contributed by atoms with Gasteiger partial charge in [0.05, 0.1) is 6.20 Å². The van der Waals surface area contributed by atoms with Crippen molar-refractivity contribution in [2.75, 3.05) is 17.2 Å². The summed E-state index contributed by atoms with van der Waals surface area (Å²) in [5, 5.41) is 5.90. The number of hydrogen-bond donors (Lipinski definition) is 2. The molecule has 0 bridgehead atoms. The lowest BCUT2D eigenvalue weighted by molar-refractivity contribution is 0.619. The van der Waals surface area contributed by atoms with Crippen molar-refractivity contribution in [2.24, 2.45) is 0 Å². The number of aromatic nitrogens is 2. The van der Waals surface area contributed by atoms with Crippen LogP contribution in [-0.2, 0) is 0 Å². The highest BCUT2D eigenvalue weighted by Gasteiger charge is 2.07. The molecule has 0 saturated carbocycles. The molecule has 0 spiro atoms. The Kier molecular flexibility index (Phi) is 4.31. The van der Waals surface area contributed by atoms with Crippen LogP contribution in [0.2, 0.25) is 0 Å². The quantitative estimate of drug-likeness (QED) is 0.896. The van der Waals surface area contributed by atoms with Crippen molar-refractivity contribution in [1.29, 1.82) is 0 Å². The van der Waals surface area contributed by atoms with Gasteiger partial charge in [0.25, 0.3) is 0 Å². The van der Waals surface area contributed by atoms with Crippen LogP contribution < -0.4 is 10.6 Å². The number of nitrogens with zero attached hydrogens (tertiary/aromatic N) is 2. The Morgan fingerprint density at radius 3 is 2.84 bits per heavy atom. The zero-order valence-corrected chi connectivity index (χ0v) is 12.3. The Labute approximate surface area is 119 Å². The molecule has 0 saturated heterocycles. The molecule has 0 unspecified atom stereocenters. The predicted molar refractivity (Wildman–Crippen MR) is 78.3 cm³/mol. The predicted octanol–water partition coefficient (Wildman–Crippen LogP) is 3.86. The summed E-state index contributed by atoms with van der Waals surface area (Å²) in [5.41, 5.74) is 1.84. The molecule has 1 heterocycles. The summed E-state index contributed by atoms with van der Waals surface area (Å²) in [4.78, 5) is 7.95. The molecule has 0 aliphatic heterocycles. The van der Waals surface area contributed by atoms with Crippen molar-refractivity contribution >= 4 is 33.4 Å². The summed E-state index contributed by atoms with van der Waals surface area (Å²) in [7, 11) is 0. The van der Waals surface area contributed by atoms with Crippen LogP contribution >= 0.6 is 15.9 Å². The third-order valence-corrected chi connectivity index (χ3v) is 3.39. The van der Waals surface area contributed by atoms with Gasteiger partial charge in [-0.15, -0.1) is 0 Å². The third kappa shape index (κ3) is 3.41. The van der Waals surface area contributed by atoms with Gasteiger partial charge in [-0.25, -0.2) is 9.37 Å². The largest absolute Gasteiger partial charge is 0.354 e. The van der Waals surface area contributed by atoms with Crippen LogP contribution in [0.1, 0.15) is 12.5 Å². The maximum atomic E-state index is 13.7. The van der Waals surface area contributed by atoms with Crippen LogP contribution in [0.5, 0.6) is 0 Å². The molecule has 2 rings (SSSR count). The molecule has 4 nitrogen and oxygen atoms in total. The lowest BCUT2D eigenvalue weighted by Crippen LogP contribution is -2.05. The van der Waals surface area contributed by atoms with Crippen LogP contribution in [0.25, 0.3) is 0 Å². The van der Waals surface area contributed by atoms with Crippen LogP contribution in [0, 0.1) is 12.7 Å². The van der Waals surface area contributed by atoms with Crippen molar-refractivity contribution in [3.8, 4) is 0 Å². The summed E-state index contributed by atoms with van der Waals surface area (Å²) < 4.78 is 14.7. The molecule has 2 N–H and O–H groups in total. The fraction of sp³-hybridized carbons (Fsp3) is 0.231. The molecule has 19 heavy (non-hydrogen) atoms. The van der Waals surface area contributed by atoms with E-state index in [2.05, 4.69) is 36.5 Å². The maximum Gasteiger partial charge on any atom is 0.224 e. The standard InChI is InChI=1S/C13H14BrFN4/c1-3-16-13-17-7-11(15)12(19-13)18-9-4-5-10(14)8(2)6-9/h4-7H,3H2,1-2H3,(H2,16,17,18,19). The molecule has 0 amide bonds. The summed E-state index contributed by atoms with van der Waals surface area (Å²) >= 11 is 3.42. The van der Waals surface area contributed by atoms with Crippen LogP contribution in [-0.4, -0.2) is 16.5 Å². The lowest BCUT2D eigenvalue weighted by atomic mass is 10.2. The van der Waals surface area contributed by atoms with Crippen LogP contribution in [0.4, 0.5) is 21.8 Å². The smallest absolute Gasteiger partial charge is 0.224 e. The van der Waals surface area contributed by atoms with Gasteiger partial charge in [-0.3, -0.25) is 0 Å². The highest BCUT2D eigenvalue weighted by molar-refractivity contribution is 9.10. The molecule has 0 aliphatic carbocycles. The van der Waals surface area contributed by atoms with Gasteiger partial charge >= 0.3 is 0 Å². The zero-order chi connectivity index (χ0) is 13.8. The topological polar surface area (TPSA) is 49.8 Å². The molecule has 2 aromatic rings. The van der Waals surface area contributed by atoms with E-state index >= 15 is 0 Å². The summed E-state index contributed by atoms with van der Waals surface area (Å²) in [6.07, 6.45) is 1.15. The van der Waals surface area contributed by atoms with Crippen molar-refractivity contribution < 1.29 is 4.39 Å². The first-order chi connectivity index (χ1) is 9.10. The molecule has 0 aliphatic rings. The number of hydrogen-bond acceptors (Lipinski definition) is 4. The first-order valence-corrected chi connectivity index (χ1v) is 6.69. The Balaban J connectivity index is 2.26. The van der Waals surface area contributed by atoms with Gasteiger partial charge in [-0.1, -0.05) is 15.9 Å². The average molecular weight is 325 g/mol. The van der Waals surface area contributed by atoms with Crippen LogP contribution in [0.3, 0.4) is 0 Å². The third-order valence-electron chi connectivity index (χ3n) is 2.50. The van der Waals surface area contributed by atoms with E-state index in [0.717, 1.165) is 21.9 Å². The van der Waals surface area contributed by atoms with Crippen LogP contribution in [0.15, 0.2) is 28.9 Å². The van der Waals surface area contributed by atoms with Gasteiger partial charge < -0.3 is 10.6 Å². The Hall–Kier alpha value is -1.69. The van der Waals surface area contributed by atoms with E-state index < -0.39 is 5.82 Å². The Morgan fingerprint density at radius 1 is 1.37 bits per heavy atom. The van der Waals surface area contributed by atoms with Gasteiger partial charge in [0.1, 0.15) is 0 Å². The van der Waals surface area contributed by atoms with Crippen molar-refractivity contribution in [2.45, 2.75) is 13.8 Å². The molecule has 6 heteroatoms. The zero-order valence-electron chi connectivity index (χ0n) is 10.7. The molecule has 100 valence electrons. The number of benzene rings is 1. The number of halogens is 2. The minimum atomic E-state index is -0.484. The second-order valence-corrected chi connectivity index (χ2v) is 4.86. The van der Waals surface area contributed by atoms with E-state index in [-0.39, 0.29) is 5.82 Å². The molecule has 1 aromatic carbocycles. The summed E-state index contributed by atoms with van der Waals surface area (Å²) in [6, 6.07) is 5.67. The second-order valence-electron chi connectivity index (χ2n) is 4.01. The molecule has 0 fully saturated rings. The molecular weight excluding hydrogens is 311 g/mol. The van der Waals surface area contributed by atoms with Gasteiger partial charge in [0.2, 0.25) is 5.95 Å². The lowest BCUT2D eigenvalue weighted by Gasteiger charge is -2.09. The molecule has 0 atom stereocenters. The van der Waals surface area contributed by atoms with E-state index in [1.807, 2.05) is 32.0 Å². The van der Waals surface area contributed by atoms with E-state index in [4.69, 9.17) is 0 Å². The number of nitrogens with one attached hydrogen (secondary N) is 2. The number of aryl methyl sites for hydroxylation is 1.